The maximum absolute atomic E-state index is 5.10. The van der Waals surface area contributed by atoms with E-state index in [1.54, 1.807) is 0 Å². The van der Waals surface area contributed by atoms with Crippen molar-refractivity contribution < 1.29 is 0 Å². The van der Waals surface area contributed by atoms with Gasteiger partial charge in [0.2, 0.25) is 0 Å². The lowest BCUT2D eigenvalue weighted by Crippen LogP contribution is -2.30. The molecule has 1 aromatic carbocycles. The highest BCUT2D eigenvalue weighted by atomic mass is 15.4. The van der Waals surface area contributed by atoms with E-state index in [-0.39, 0.29) is 0 Å². The number of fused-ring (bicyclic) bond motifs is 1. The summed E-state index contributed by atoms with van der Waals surface area (Å²) in [4.78, 5) is 4.60. The zero-order valence-corrected chi connectivity index (χ0v) is 18.2. The Morgan fingerprint density at radius 3 is 2.60 bits per heavy atom. The van der Waals surface area contributed by atoms with E-state index in [0.717, 1.165) is 54.7 Å². The second-order valence-electron chi connectivity index (χ2n) is 8.79. The normalized spacial score (nSPS) is 15.9. The first-order chi connectivity index (χ1) is 14.5. The number of allylic oxidation sites excluding steroid dienone is 1. The highest BCUT2D eigenvalue weighted by Crippen LogP contribution is 2.36. The van der Waals surface area contributed by atoms with Crippen molar-refractivity contribution in [2.24, 2.45) is 13.0 Å². The molecule has 2 aromatic heterocycles. The highest BCUT2D eigenvalue weighted by Gasteiger charge is 2.30. The van der Waals surface area contributed by atoms with Gasteiger partial charge in [-0.05, 0) is 43.4 Å². The molecule has 0 amide bonds. The van der Waals surface area contributed by atoms with E-state index >= 15 is 0 Å². The molecular weight excluding hydrogens is 372 g/mol. The van der Waals surface area contributed by atoms with Gasteiger partial charge in [-0.1, -0.05) is 18.7 Å². The lowest BCUT2D eigenvalue weighted by Gasteiger charge is -2.30. The van der Waals surface area contributed by atoms with Crippen LogP contribution in [-0.4, -0.2) is 38.1 Å². The Kier molecular flexibility index (Phi) is 4.65. The number of nitrogens with zero attached hydrogens (tertiary/aromatic N) is 6. The van der Waals surface area contributed by atoms with Crippen LogP contribution in [-0.2, 0) is 26.6 Å². The maximum Gasteiger partial charge on any atom is 0.160 e. The van der Waals surface area contributed by atoms with Crippen LogP contribution in [0.1, 0.15) is 31.0 Å². The van der Waals surface area contributed by atoms with Crippen LogP contribution in [0.5, 0.6) is 0 Å². The average Bonchev–Trinajstić information content (AvgIpc) is 3.35. The Labute approximate surface area is 178 Å². The van der Waals surface area contributed by atoms with Crippen molar-refractivity contribution in [3.8, 4) is 11.1 Å². The van der Waals surface area contributed by atoms with Crippen LogP contribution < -0.4 is 4.90 Å². The molecule has 0 atom stereocenters. The van der Waals surface area contributed by atoms with Crippen molar-refractivity contribution in [3.63, 3.8) is 0 Å². The van der Waals surface area contributed by atoms with Crippen LogP contribution in [0.3, 0.4) is 0 Å². The van der Waals surface area contributed by atoms with Crippen LogP contribution in [0.4, 0.5) is 11.5 Å². The summed E-state index contributed by atoms with van der Waals surface area (Å²) in [5, 5.41) is 9.38. The van der Waals surface area contributed by atoms with E-state index in [4.69, 9.17) is 5.10 Å². The fourth-order valence-corrected chi connectivity index (χ4v) is 4.33. The van der Waals surface area contributed by atoms with Crippen molar-refractivity contribution in [2.75, 3.05) is 18.5 Å². The first kappa shape index (κ1) is 19.0. The van der Waals surface area contributed by atoms with E-state index in [2.05, 4.69) is 64.4 Å². The standard InChI is InChI=1S/C24H30N6/c1-17(2)29-12-11-23-22(16-29)24(26-30(23)14-18-5-6-18)28(4)21-9-7-19(8-10-21)20-13-25-27(3)15-20/h7-10,13,15,18H,1,5-6,11-12,14,16H2,2-4H3. The van der Waals surface area contributed by atoms with Gasteiger partial charge >= 0.3 is 0 Å². The van der Waals surface area contributed by atoms with Crippen LogP contribution in [0.15, 0.2) is 48.9 Å². The van der Waals surface area contributed by atoms with Gasteiger partial charge in [-0.15, -0.1) is 0 Å². The van der Waals surface area contributed by atoms with E-state index in [0.29, 0.717) is 0 Å². The summed E-state index contributed by atoms with van der Waals surface area (Å²) in [5.41, 5.74) is 7.35. The third-order valence-electron chi connectivity index (χ3n) is 6.39. The van der Waals surface area contributed by atoms with Gasteiger partial charge in [0.15, 0.2) is 5.82 Å². The molecule has 156 valence electrons. The van der Waals surface area contributed by atoms with Gasteiger partial charge in [-0.2, -0.15) is 10.2 Å². The monoisotopic (exact) mass is 402 g/mol. The lowest BCUT2D eigenvalue weighted by molar-refractivity contribution is 0.318. The topological polar surface area (TPSA) is 42.1 Å². The van der Waals surface area contributed by atoms with Crippen molar-refractivity contribution in [2.45, 2.75) is 39.3 Å². The second kappa shape index (κ2) is 7.35. The summed E-state index contributed by atoms with van der Waals surface area (Å²) in [6, 6.07) is 8.68. The minimum Gasteiger partial charge on any atom is -0.371 e. The van der Waals surface area contributed by atoms with Crippen LogP contribution in [0.25, 0.3) is 11.1 Å². The zero-order chi connectivity index (χ0) is 20.8. The fourth-order valence-electron chi connectivity index (χ4n) is 4.33. The molecule has 0 N–H and O–H groups in total. The number of hydrogen-bond donors (Lipinski definition) is 0. The molecular formula is C24H30N6. The van der Waals surface area contributed by atoms with Crippen molar-refractivity contribution in [1.29, 1.82) is 0 Å². The Hall–Kier alpha value is -3.02. The van der Waals surface area contributed by atoms with Gasteiger partial charge in [0.1, 0.15) is 0 Å². The van der Waals surface area contributed by atoms with E-state index in [1.807, 2.05) is 24.1 Å². The first-order valence-corrected chi connectivity index (χ1v) is 10.8. The van der Waals surface area contributed by atoms with Gasteiger partial charge < -0.3 is 9.80 Å². The van der Waals surface area contributed by atoms with E-state index < -0.39 is 0 Å². The Balaban J connectivity index is 1.46. The lowest BCUT2D eigenvalue weighted by atomic mass is 10.1. The molecule has 0 unspecified atom stereocenters. The van der Waals surface area contributed by atoms with E-state index in [9.17, 15) is 0 Å². The zero-order valence-electron chi connectivity index (χ0n) is 18.2. The Morgan fingerprint density at radius 2 is 1.97 bits per heavy atom. The smallest absolute Gasteiger partial charge is 0.160 e. The van der Waals surface area contributed by atoms with Crippen molar-refractivity contribution in [3.05, 3.63) is 60.2 Å². The molecule has 0 radical (unpaired) electrons. The van der Waals surface area contributed by atoms with Gasteiger partial charge in [0.25, 0.3) is 0 Å². The molecule has 1 aliphatic carbocycles. The number of aryl methyl sites for hydroxylation is 1. The molecule has 1 fully saturated rings. The second-order valence-corrected chi connectivity index (χ2v) is 8.79. The Bertz CT molecular complexity index is 1070. The van der Waals surface area contributed by atoms with Crippen molar-refractivity contribution >= 4 is 11.5 Å². The number of anilines is 2. The molecule has 5 rings (SSSR count). The summed E-state index contributed by atoms with van der Waals surface area (Å²) in [6.07, 6.45) is 7.67. The highest BCUT2D eigenvalue weighted by molar-refractivity contribution is 5.69. The number of rotatable bonds is 6. The van der Waals surface area contributed by atoms with E-state index in [1.165, 1.54) is 29.7 Å². The van der Waals surface area contributed by atoms with Crippen LogP contribution >= 0.6 is 0 Å². The molecule has 0 bridgehead atoms. The SMILES string of the molecule is C=C(C)N1CCc2c(c(N(C)c3ccc(-c4cnn(C)c4)cc3)nn2CC2CC2)C1. The molecule has 1 aliphatic heterocycles. The minimum absolute atomic E-state index is 0.810. The molecule has 2 aliphatic rings. The molecule has 3 heterocycles. The largest absolute Gasteiger partial charge is 0.371 e. The summed E-state index contributed by atoms with van der Waals surface area (Å²) in [5.74, 6) is 1.89. The number of benzene rings is 1. The predicted octanol–water partition coefficient (Wildman–Crippen LogP) is 4.35. The van der Waals surface area contributed by atoms with Gasteiger partial charge in [0.05, 0.1) is 6.20 Å². The number of aromatic nitrogens is 4. The predicted molar refractivity (Wildman–Crippen MR) is 121 cm³/mol. The summed E-state index contributed by atoms with van der Waals surface area (Å²) in [6.45, 7) is 9.25. The first-order valence-electron chi connectivity index (χ1n) is 10.8. The molecule has 6 heteroatoms. The summed E-state index contributed by atoms with van der Waals surface area (Å²) < 4.78 is 4.13. The quantitative estimate of drug-likeness (QED) is 0.615. The molecule has 3 aromatic rings. The molecule has 6 nitrogen and oxygen atoms in total. The summed E-state index contributed by atoms with van der Waals surface area (Å²) in [7, 11) is 4.07. The third-order valence-corrected chi connectivity index (χ3v) is 6.39. The number of hydrogen-bond acceptors (Lipinski definition) is 4. The third kappa shape index (κ3) is 3.51. The molecule has 1 saturated carbocycles. The minimum atomic E-state index is 0.810. The molecule has 30 heavy (non-hydrogen) atoms. The van der Waals surface area contributed by atoms with Gasteiger partial charge in [0, 0.05) is 74.6 Å². The van der Waals surface area contributed by atoms with Gasteiger partial charge in [-0.3, -0.25) is 9.36 Å². The Morgan fingerprint density at radius 1 is 1.20 bits per heavy atom. The average molecular weight is 403 g/mol. The van der Waals surface area contributed by atoms with Crippen molar-refractivity contribution in [1.82, 2.24) is 24.5 Å². The van der Waals surface area contributed by atoms with Crippen LogP contribution in [0.2, 0.25) is 0 Å². The summed E-state index contributed by atoms with van der Waals surface area (Å²) >= 11 is 0. The van der Waals surface area contributed by atoms with Crippen LogP contribution in [0, 0.1) is 5.92 Å². The maximum atomic E-state index is 5.10. The fraction of sp³-hybridized carbons (Fsp3) is 0.417. The molecule has 0 spiro atoms. The van der Waals surface area contributed by atoms with Gasteiger partial charge in [-0.25, -0.2) is 0 Å². The molecule has 0 saturated heterocycles.